The predicted molar refractivity (Wildman–Crippen MR) is 47.8 cm³/mol. The lowest BCUT2D eigenvalue weighted by Gasteiger charge is -2.09. The lowest BCUT2D eigenvalue weighted by Crippen LogP contribution is -2.07. The summed E-state index contributed by atoms with van der Waals surface area (Å²) in [6.07, 6.45) is 7.65. The highest BCUT2D eigenvalue weighted by molar-refractivity contribution is 5.01. The lowest BCUT2D eigenvalue weighted by molar-refractivity contribution is 0.0440. The van der Waals surface area contributed by atoms with Crippen LogP contribution in [0.2, 0.25) is 0 Å². The summed E-state index contributed by atoms with van der Waals surface area (Å²) in [4.78, 5) is 3.14. The summed E-state index contributed by atoms with van der Waals surface area (Å²) in [7, 11) is 0. The Balaban J connectivity index is 1.74. The highest BCUT2D eigenvalue weighted by atomic mass is 16.5. The van der Waals surface area contributed by atoms with E-state index < -0.39 is 0 Å². The number of H-pyrrole nitrogens is 1. The maximum Gasteiger partial charge on any atom is 0.0869 e. The molecule has 0 amide bonds. The molecule has 1 aliphatic carbocycles. The third kappa shape index (κ3) is 1.89. The summed E-state index contributed by atoms with van der Waals surface area (Å²) in [6.45, 7) is 0.748. The van der Waals surface area contributed by atoms with Gasteiger partial charge in [0.15, 0.2) is 0 Å². The van der Waals surface area contributed by atoms with Gasteiger partial charge < -0.3 is 9.72 Å². The van der Waals surface area contributed by atoms with Gasteiger partial charge in [0.1, 0.15) is 0 Å². The van der Waals surface area contributed by atoms with Gasteiger partial charge in [0.05, 0.1) is 12.7 Å². The second-order valence-electron chi connectivity index (χ2n) is 3.41. The van der Waals surface area contributed by atoms with Gasteiger partial charge in [-0.25, -0.2) is 0 Å². The van der Waals surface area contributed by atoms with Crippen molar-refractivity contribution >= 4 is 0 Å². The maximum atomic E-state index is 5.72. The highest BCUT2D eigenvalue weighted by Crippen LogP contribution is 2.21. The van der Waals surface area contributed by atoms with Crippen LogP contribution in [0.1, 0.15) is 31.4 Å². The summed E-state index contributed by atoms with van der Waals surface area (Å²) < 4.78 is 5.72. The van der Waals surface area contributed by atoms with E-state index >= 15 is 0 Å². The van der Waals surface area contributed by atoms with Crippen LogP contribution in [0.15, 0.2) is 18.3 Å². The number of aromatic amines is 1. The number of rotatable bonds is 3. The van der Waals surface area contributed by atoms with Crippen LogP contribution in [-0.2, 0) is 11.3 Å². The first kappa shape index (κ1) is 7.87. The fourth-order valence-electron chi connectivity index (χ4n) is 1.72. The largest absolute Gasteiger partial charge is 0.372 e. The van der Waals surface area contributed by atoms with E-state index in [-0.39, 0.29) is 0 Å². The average molecular weight is 165 g/mol. The molecule has 1 heterocycles. The maximum absolute atomic E-state index is 5.72. The van der Waals surface area contributed by atoms with Crippen molar-refractivity contribution in [2.45, 2.75) is 38.4 Å². The monoisotopic (exact) mass is 165 g/mol. The van der Waals surface area contributed by atoms with Crippen LogP contribution < -0.4 is 0 Å². The Bertz CT molecular complexity index is 212. The first-order valence-corrected chi connectivity index (χ1v) is 4.69. The molecule has 1 saturated carbocycles. The second kappa shape index (κ2) is 3.76. The molecular formula is C10H15NO. The lowest BCUT2D eigenvalue weighted by atomic mass is 10.3. The Morgan fingerprint density at radius 3 is 2.92 bits per heavy atom. The van der Waals surface area contributed by atoms with Gasteiger partial charge in [0, 0.05) is 11.9 Å². The third-order valence-corrected chi connectivity index (χ3v) is 2.44. The van der Waals surface area contributed by atoms with Crippen LogP contribution in [-0.4, -0.2) is 11.1 Å². The van der Waals surface area contributed by atoms with E-state index in [0.29, 0.717) is 6.10 Å². The fourth-order valence-corrected chi connectivity index (χ4v) is 1.72. The zero-order valence-electron chi connectivity index (χ0n) is 7.25. The number of hydrogen-bond donors (Lipinski definition) is 1. The van der Waals surface area contributed by atoms with E-state index in [1.165, 1.54) is 31.4 Å². The van der Waals surface area contributed by atoms with E-state index in [2.05, 4.69) is 11.1 Å². The predicted octanol–water partition coefficient (Wildman–Crippen LogP) is 2.47. The van der Waals surface area contributed by atoms with Crippen LogP contribution in [0.4, 0.5) is 0 Å². The Morgan fingerprint density at radius 1 is 1.42 bits per heavy atom. The third-order valence-electron chi connectivity index (χ3n) is 2.44. The van der Waals surface area contributed by atoms with Crippen molar-refractivity contribution < 1.29 is 4.74 Å². The molecule has 2 rings (SSSR count). The molecule has 0 aliphatic heterocycles. The number of ether oxygens (including phenoxy) is 1. The van der Waals surface area contributed by atoms with Crippen LogP contribution in [0.5, 0.6) is 0 Å². The molecule has 0 spiro atoms. The van der Waals surface area contributed by atoms with Crippen molar-refractivity contribution in [3.8, 4) is 0 Å². The van der Waals surface area contributed by atoms with Gasteiger partial charge in [-0.3, -0.25) is 0 Å². The SMILES string of the molecule is c1c[nH]c(COC2CCCC2)c1. The van der Waals surface area contributed by atoms with E-state index in [1.54, 1.807) is 0 Å². The van der Waals surface area contributed by atoms with E-state index in [1.807, 2.05) is 12.3 Å². The van der Waals surface area contributed by atoms with E-state index in [0.717, 1.165) is 6.61 Å². The molecule has 2 heteroatoms. The standard InChI is InChI=1S/C10H15NO/c1-2-6-10(5-1)12-8-9-4-3-7-11-9/h3-4,7,10-11H,1-2,5-6,8H2. The van der Waals surface area contributed by atoms with Crippen molar-refractivity contribution in [2.75, 3.05) is 0 Å². The van der Waals surface area contributed by atoms with Crippen LogP contribution in [0.3, 0.4) is 0 Å². The molecule has 0 aromatic carbocycles. The molecular weight excluding hydrogens is 150 g/mol. The minimum Gasteiger partial charge on any atom is -0.372 e. The summed E-state index contributed by atoms with van der Waals surface area (Å²) in [5.41, 5.74) is 1.18. The first-order chi connectivity index (χ1) is 5.95. The Hall–Kier alpha value is -0.760. The molecule has 1 N–H and O–H groups in total. The molecule has 12 heavy (non-hydrogen) atoms. The molecule has 0 saturated heterocycles. The number of hydrogen-bond acceptors (Lipinski definition) is 1. The topological polar surface area (TPSA) is 25.0 Å². The Labute approximate surface area is 72.9 Å². The van der Waals surface area contributed by atoms with E-state index in [9.17, 15) is 0 Å². The van der Waals surface area contributed by atoms with Gasteiger partial charge in [-0.15, -0.1) is 0 Å². The Kier molecular flexibility index (Phi) is 2.47. The molecule has 0 radical (unpaired) electrons. The molecule has 0 atom stereocenters. The van der Waals surface area contributed by atoms with Crippen LogP contribution in [0, 0.1) is 0 Å². The summed E-state index contributed by atoms with van der Waals surface area (Å²) in [6, 6.07) is 4.07. The summed E-state index contributed by atoms with van der Waals surface area (Å²) in [5, 5.41) is 0. The van der Waals surface area contributed by atoms with Crippen LogP contribution >= 0.6 is 0 Å². The molecule has 2 nitrogen and oxygen atoms in total. The molecule has 1 fully saturated rings. The van der Waals surface area contributed by atoms with Crippen molar-refractivity contribution in [3.63, 3.8) is 0 Å². The minimum atomic E-state index is 0.522. The molecule has 1 aliphatic rings. The number of nitrogens with one attached hydrogen (secondary N) is 1. The first-order valence-electron chi connectivity index (χ1n) is 4.69. The van der Waals surface area contributed by atoms with Gasteiger partial charge in [0.2, 0.25) is 0 Å². The molecule has 66 valence electrons. The van der Waals surface area contributed by atoms with Gasteiger partial charge in [-0.05, 0) is 25.0 Å². The zero-order chi connectivity index (χ0) is 8.23. The fraction of sp³-hybridized carbons (Fsp3) is 0.600. The van der Waals surface area contributed by atoms with Gasteiger partial charge >= 0.3 is 0 Å². The molecule has 1 aromatic heterocycles. The average Bonchev–Trinajstić information content (AvgIpc) is 2.74. The number of aromatic nitrogens is 1. The normalized spacial score (nSPS) is 18.7. The summed E-state index contributed by atoms with van der Waals surface area (Å²) >= 11 is 0. The zero-order valence-corrected chi connectivity index (χ0v) is 7.25. The van der Waals surface area contributed by atoms with Crippen molar-refractivity contribution in [1.29, 1.82) is 0 Å². The van der Waals surface area contributed by atoms with Crippen molar-refractivity contribution in [2.24, 2.45) is 0 Å². The highest BCUT2D eigenvalue weighted by Gasteiger charge is 2.14. The van der Waals surface area contributed by atoms with Gasteiger partial charge in [-0.1, -0.05) is 12.8 Å². The van der Waals surface area contributed by atoms with Crippen LogP contribution in [0.25, 0.3) is 0 Å². The molecule has 0 bridgehead atoms. The van der Waals surface area contributed by atoms with E-state index in [4.69, 9.17) is 4.74 Å². The van der Waals surface area contributed by atoms with Gasteiger partial charge in [0.25, 0.3) is 0 Å². The molecule has 1 aromatic rings. The smallest absolute Gasteiger partial charge is 0.0869 e. The second-order valence-corrected chi connectivity index (χ2v) is 3.41. The van der Waals surface area contributed by atoms with Crippen molar-refractivity contribution in [1.82, 2.24) is 4.98 Å². The quantitative estimate of drug-likeness (QED) is 0.731. The Morgan fingerprint density at radius 2 is 2.25 bits per heavy atom. The van der Waals surface area contributed by atoms with Crippen molar-refractivity contribution in [3.05, 3.63) is 24.0 Å². The summed E-state index contributed by atoms with van der Waals surface area (Å²) in [5.74, 6) is 0. The minimum absolute atomic E-state index is 0.522. The molecule has 0 unspecified atom stereocenters. The van der Waals surface area contributed by atoms with Gasteiger partial charge in [-0.2, -0.15) is 0 Å².